The van der Waals surface area contributed by atoms with Gasteiger partial charge in [-0.15, -0.1) is 11.8 Å². The van der Waals surface area contributed by atoms with E-state index in [2.05, 4.69) is 13.8 Å². The average Bonchev–Trinajstić information content (AvgIpc) is 2.95. The second-order valence-corrected chi connectivity index (χ2v) is 13.1. The molecule has 0 bridgehead atoms. The van der Waals surface area contributed by atoms with Crippen LogP contribution in [0.2, 0.25) is 0 Å². The summed E-state index contributed by atoms with van der Waals surface area (Å²) < 4.78 is 0. The summed E-state index contributed by atoms with van der Waals surface area (Å²) in [6, 6.07) is 0. The molecule has 3 N–H and O–H groups in total. The normalized spacial score (nSPS) is 11.1. The zero-order valence-electron chi connectivity index (χ0n) is 27.1. The van der Waals surface area contributed by atoms with Crippen molar-refractivity contribution in [1.29, 1.82) is 0 Å². The number of thioether (sulfide) groups is 2. The van der Waals surface area contributed by atoms with Crippen LogP contribution in [0.25, 0.3) is 0 Å². The van der Waals surface area contributed by atoms with Crippen LogP contribution in [0.3, 0.4) is 0 Å². The van der Waals surface area contributed by atoms with Crippen LogP contribution in [0.15, 0.2) is 0 Å². The Morgan fingerprint density at radius 2 is 0.780 bits per heavy atom. The van der Waals surface area contributed by atoms with E-state index in [4.69, 9.17) is 10.2 Å². The van der Waals surface area contributed by atoms with Crippen molar-refractivity contribution in [3.63, 3.8) is 0 Å². The summed E-state index contributed by atoms with van der Waals surface area (Å²) >= 11 is 3.52. The largest absolute Gasteiger partial charge is 0.481 e. The Labute approximate surface area is 262 Å². The molecule has 8 heteroatoms. The van der Waals surface area contributed by atoms with Crippen LogP contribution < -0.4 is 0 Å². The van der Waals surface area contributed by atoms with Crippen LogP contribution in [0.5, 0.6) is 0 Å². The fourth-order valence-corrected chi connectivity index (χ4v) is 6.29. The molecule has 0 saturated heterocycles. The highest BCUT2D eigenvalue weighted by atomic mass is 32.2. The van der Waals surface area contributed by atoms with E-state index >= 15 is 0 Å². The van der Waals surface area contributed by atoms with Crippen LogP contribution in [0.4, 0.5) is 0 Å². The lowest BCUT2D eigenvalue weighted by Gasteiger charge is -2.12. The Bertz CT molecular complexity index is 546. The molecule has 0 aliphatic rings. The van der Waals surface area contributed by atoms with Gasteiger partial charge in [0.15, 0.2) is 0 Å². The molecule has 0 rings (SSSR count). The second kappa shape index (κ2) is 39.1. The highest BCUT2D eigenvalue weighted by Gasteiger charge is 2.17. The molecule has 246 valence electrons. The molecule has 0 aromatic carbocycles. The first kappa shape index (κ1) is 44.5. The minimum absolute atomic E-state index is 0.216. The monoisotopic (exact) mass is 622 g/mol. The van der Waals surface area contributed by atoms with Gasteiger partial charge in [-0.25, -0.2) is 0 Å². The van der Waals surface area contributed by atoms with Crippen LogP contribution in [-0.4, -0.2) is 55.7 Å². The smallest absolute Gasteiger partial charge is 0.317 e. The molecule has 0 saturated carbocycles. The van der Waals surface area contributed by atoms with Gasteiger partial charge < -0.3 is 15.3 Å². The number of carbonyl (C=O) groups is 3. The molecule has 0 heterocycles. The summed E-state index contributed by atoms with van der Waals surface area (Å²) in [5, 5.41) is 24.7. The van der Waals surface area contributed by atoms with E-state index in [0.717, 1.165) is 17.3 Å². The summed E-state index contributed by atoms with van der Waals surface area (Å²) in [6.07, 6.45) is 27.5. The molecule has 0 spiro atoms. The average molecular weight is 623 g/mol. The van der Waals surface area contributed by atoms with E-state index in [0.29, 0.717) is 0 Å². The maximum absolute atomic E-state index is 11.5. The van der Waals surface area contributed by atoms with Crippen molar-refractivity contribution >= 4 is 41.4 Å². The molecular weight excluding hydrogens is 556 g/mol. The quantitative estimate of drug-likeness (QED) is 0.0739. The van der Waals surface area contributed by atoms with E-state index in [1.165, 1.54) is 128 Å². The van der Waals surface area contributed by atoms with Crippen LogP contribution in [0.1, 0.15) is 169 Å². The first-order valence-corrected chi connectivity index (χ1v) is 18.8. The van der Waals surface area contributed by atoms with Gasteiger partial charge in [0.05, 0.1) is 0 Å². The highest BCUT2D eigenvalue weighted by Crippen LogP contribution is 2.21. The van der Waals surface area contributed by atoms with E-state index in [9.17, 15) is 19.5 Å². The molecule has 0 aliphatic heterocycles. The topological polar surface area (TPSA) is 112 Å². The molecule has 0 fully saturated rings. The van der Waals surface area contributed by atoms with Crippen molar-refractivity contribution in [2.75, 3.05) is 17.3 Å². The number of carboxylic acids is 3. The van der Waals surface area contributed by atoms with E-state index < -0.39 is 17.9 Å². The Hall–Kier alpha value is -0.890. The highest BCUT2D eigenvalue weighted by molar-refractivity contribution is 8.03. The third-order valence-electron chi connectivity index (χ3n) is 6.61. The van der Waals surface area contributed by atoms with Gasteiger partial charge in [0.25, 0.3) is 0 Å². The molecule has 0 radical (unpaired) electrons. The first-order valence-electron chi connectivity index (χ1n) is 16.6. The molecule has 0 aliphatic carbocycles. The van der Waals surface area contributed by atoms with Crippen LogP contribution >= 0.6 is 23.5 Å². The second-order valence-electron chi connectivity index (χ2n) is 10.6. The van der Waals surface area contributed by atoms with Crippen molar-refractivity contribution in [2.45, 2.75) is 174 Å². The predicted molar refractivity (Wildman–Crippen MR) is 181 cm³/mol. The molecule has 0 amide bonds. The SMILES string of the molecule is CCC(=O)O.CCC(=O)O.CCCCCCCCCCCCSCC(SCCCCCCCCCCCC)C(=O)O. The van der Waals surface area contributed by atoms with Gasteiger partial charge in [-0.1, -0.05) is 143 Å². The maximum Gasteiger partial charge on any atom is 0.317 e. The maximum atomic E-state index is 11.5. The molecule has 0 aromatic heterocycles. The number of unbranched alkanes of at least 4 members (excludes halogenated alkanes) is 18. The Kier molecular flexibility index (Phi) is 42.5. The van der Waals surface area contributed by atoms with Gasteiger partial charge in [0.2, 0.25) is 0 Å². The summed E-state index contributed by atoms with van der Waals surface area (Å²) in [6.45, 7) is 7.74. The van der Waals surface area contributed by atoms with Crippen molar-refractivity contribution in [1.82, 2.24) is 0 Å². The number of aliphatic carboxylic acids is 3. The van der Waals surface area contributed by atoms with Gasteiger partial charge in [-0.3, -0.25) is 14.4 Å². The zero-order chi connectivity index (χ0) is 31.4. The van der Waals surface area contributed by atoms with E-state index in [1.54, 1.807) is 25.6 Å². The summed E-state index contributed by atoms with van der Waals surface area (Å²) in [5.41, 5.74) is 0. The first-order chi connectivity index (χ1) is 19.8. The van der Waals surface area contributed by atoms with Gasteiger partial charge >= 0.3 is 17.9 Å². The zero-order valence-corrected chi connectivity index (χ0v) is 28.8. The minimum Gasteiger partial charge on any atom is -0.481 e. The predicted octanol–water partition coefficient (Wildman–Crippen LogP) is 10.7. The molecule has 1 unspecified atom stereocenters. The Morgan fingerprint density at radius 1 is 0.488 bits per heavy atom. The molecular formula is C33H66O6S2. The van der Waals surface area contributed by atoms with Crippen molar-refractivity contribution in [3.8, 4) is 0 Å². The van der Waals surface area contributed by atoms with Crippen molar-refractivity contribution < 1.29 is 29.7 Å². The van der Waals surface area contributed by atoms with Crippen molar-refractivity contribution in [2.24, 2.45) is 0 Å². The lowest BCUT2D eigenvalue weighted by atomic mass is 10.1. The third kappa shape index (κ3) is 46.3. The van der Waals surface area contributed by atoms with Gasteiger partial charge in [-0.05, 0) is 24.3 Å². The minimum atomic E-state index is -0.745. The molecule has 1 atom stereocenters. The summed E-state index contributed by atoms with van der Waals surface area (Å²) in [5.74, 6) is 0.795. The number of carboxylic acid groups (broad SMARTS) is 3. The summed E-state index contributed by atoms with van der Waals surface area (Å²) in [4.78, 5) is 30.2. The van der Waals surface area contributed by atoms with Gasteiger partial charge in [0, 0.05) is 18.6 Å². The lowest BCUT2D eigenvalue weighted by Crippen LogP contribution is -2.20. The van der Waals surface area contributed by atoms with Crippen LogP contribution in [-0.2, 0) is 14.4 Å². The Balaban J connectivity index is -0.00000122. The lowest BCUT2D eigenvalue weighted by molar-refractivity contribution is -0.137. The molecule has 0 aromatic rings. The van der Waals surface area contributed by atoms with E-state index in [1.807, 2.05) is 11.8 Å². The number of rotatable bonds is 28. The van der Waals surface area contributed by atoms with Crippen LogP contribution in [0, 0.1) is 0 Å². The number of hydrogen-bond acceptors (Lipinski definition) is 5. The van der Waals surface area contributed by atoms with Crippen molar-refractivity contribution in [3.05, 3.63) is 0 Å². The molecule has 6 nitrogen and oxygen atoms in total. The molecule has 41 heavy (non-hydrogen) atoms. The number of hydrogen-bond donors (Lipinski definition) is 3. The third-order valence-corrected chi connectivity index (χ3v) is 9.26. The van der Waals surface area contributed by atoms with Gasteiger partial charge in [0.1, 0.15) is 5.25 Å². The Morgan fingerprint density at radius 3 is 1.07 bits per heavy atom. The summed E-state index contributed by atoms with van der Waals surface area (Å²) in [7, 11) is 0. The van der Waals surface area contributed by atoms with E-state index in [-0.39, 0.29) is 18.1 Å². The van der Waals surface area contributed by atoms with Gasteiger partial charge in [-0.2, -0.15) is 11.8 Å². The fourth-order valence-electron chi connectivity index (χ4n) is 3.89. The fraction of sp³-hybridized carbons (Fsp3) is 0.909. The standard InChI is InChI=1S/C27H54O2S2.2C3H6O2/c1-3-5-7-9-11-13-15-17-19-21-23-30-25-26(27(28)29)31-24-22-20-18-16-14-12-10-8-6-4-2;2*1-2-3(4)5/h26H,3-25H2,1-2H3,(H,28,29);2*2H2,1H3,(H,4,5).